The van der Waals surface area contributed by atoms with E-state index in [1.165, 1.54) is 0 Å². The van der Waals surface area contributed by atoms with Crippen LogP contribution < -0.4 is 4.90 Å². The highest BCUT2D eigenvalue weighted by atomic mass is 16.6. The fourth-order valence-corrected chi connectivity index (χ4v) is 4.64. The summed E-state index contributed by atoms with van der Waals surface area (Å²) in [5.74, 6) is 0.0727. The first-order valence-corrected chi connectivity index (χ1v) is 13.9. The Labute approximate surface area is 229 Å². The molecule has 38 heavy (non-hydrogen) atoms. The van der Waals surface area contributed by atoms with E-state index in [-0.39, 0.29) is 17.5 Å². The van der Waals surface area contributed by atoms with Crippen molar-refractivity contribution in [1.82, 2.24) is 9.97 Å². The normalized spacial score (nSPS) is 16.9. The Bertz CT molecular complexity index is 1120. The van der Waals surface area contributed by atoms with Crippen molar-refractivity contribution in [3.8, 4) is 11.1 Å². The molecule has 0 amide bonds. The van der Waals surface area contributed by atoms with E-state index in [1.807, 2.05) is 60.0 Å². The second kappa shape index (κ2) is 12.0. The number of hydrogen-bond donors (Lipinski definition) is 0. The van der Waals surface area contributed by atoms with Crippen LogP contribution in [0.2, 0.25) is 0 Å². The number of anilines is 1. The summed E-state index contributed by atoms with van der Waals surface area (Å²) in [6, 6.07) is 4.12. The van der Waals surface area contributed by atoms with Crippen LogP contribution in [0.3, 0.4) is 0 Å². The number of carbonyl (C=O) groups is 1. The Morgan fingerprint density at radius 3 is 2.24 bits per heavy atom. The minimum absolute atomic E-state index is 0.250. The van der Waals surface area contributed by atoms with Crippen LogP contribution in [0.25, 0.3) is 17.2 Å². The van der Waals surface area contributed by atoms with Gasteiger partial charge in [0.15, 0.2) is 6.10 Å². The molecule has 0 N–H and O–H groups in total. The number of pyridine rings is 2. The maximum atomic E-state index is 13.5. The average molecular weight is 522 g/mol. The summed E-state index contributed by atoms with van der Waals surface area (Å²) in [6.07, 6.45) is 8.99. The van der Waals surface area contributed by atoms with Gasteiger partial charge in [0.2, 0.25) is 0 Å². The zero-order valence-electron chi connectivity index (χ0n) is 25.1. The zero-order valence-corrected chi connectivity index (χ0v) is 25.1. The summed E-state index contributed by atoms with van der Waals surface area (Å²) in [5.41, 5.74) is 5.11. The molecular formula is C32H47N3O3. The number of aromatic nitrogens is 2. The van der Waals surface area contributed by atoms with Crippen molar-refractivity contribution in [2.45, 2.75) is 99.9 Å². The van der Waals surface area contributed by atoms with E-state index in [9.17, 15) is 4.79 Å². The van der Waals surface area contributed by atoms with Crippen molar-refractivity contribution < 1.29 is 14.3 Å². The van der Waals surface area contributed by atoms with Gasteiger partial charge in [-0.1, -0.05) is 39.8 Å². The third kappa shape index (κ3) is 7.89. The number of ether oxygens (including phenoxy) is 2. The van der Waals surface area contributed by atoms with Crippen LogP contribution in [-0.4, -0.2) is 40.7 Å². The number of carbonyl (C=O) groups excluding carboxylic acids is 1. The number of allylic oxidation sites excluding steroid dienone is 1. The smallest absolute Gasteiger partial charge is 0.340 e. The summed E-state index contributed by atoms with van der Waals surface area (Å²) in [7, 11) is 0. The van der Waals surface area contributed by atoms with E-state index in [4.69, 9.17) is 19.4 Å². The van der Waals surface area contributed by atoms with Crippen molar-refractivity contribution in [3.63, 3.8) is 0 Å². The van der Waals surface area contributed by atoms with Gasteiger partial charge in [0.1, 0.15) is 0 Å². The highest BCUT2D eigenvalue weighted by Gasteiger charge is 2.37. The molecule has 1 atom stereocenters. The second-order valence-corrected chi connectivity index (χ2v) is 12.8. The minimum atomic E-state index is -0.893. The van der Waals surface area contributed by atoms with Crippen molar-refractivity contribution in [3.05, 3.63) is 47.6 Å². The molecule has 1 aliphatic heterocycles. The number of rotatable bonds is 8. The van der Waals surface area contributed by atoms with Gasteiger partial charge < -0.3 is 14.4 Å². The average Bonchev–Trinajstić information content (AvgIpc) is 2.81. The van der Waals surface area contributed by atoms with Gasteiger partial charge in [-0.05, 0) is 77.9 Å². The zero-order chi connectivity index (χ0) is 28.3. The van der Waals surface area contributed by atoms with Crippen LogP contribution in [0.15, 0.2) is 30.6 Å². The van der Waals surface area contributed by atoms with Gasteiger partial charge in [0.05, 0.1) is 23.1 Å². The Kier molecular flexibility index (Phi) is 9.40. The fourth-order valence-electron chi connectivity index (χ4n) is 4.64. The van der Waals surface area contributed by atoms with Gasteiger partial charge in [-0.3, -0.25) is 9.97 Å². The van der Waals surface area contributed by atoms with E-state index < -0.39 is 11.7 Å². The summed E-state index contributed by atoms with van der Waals surface area (Å²) in [4.78, 5) is 25.4. The molecule has 1 aliphatic rings. The monoisotopic (exact) mass is 521 g/mol. The maximum Gasteiger partial charge on any atom is 0.340 e. The Morgan fingerprint density at radius 2 is 1.71 bits per heavy atom. The fraction of sp³-hybridized carbons (Fsp3) is 0.594. The molecule has 1 fully saturated rings. The number of aryl methyl sites for hydroxylation is 1. The topological polar surface area (TPSA) is 64.5 Å². The molecular weight excluding hydrogens is 474 g/mol. The third-order valence-electron chi connectivity index (χ3n) is 6.77. The Hall–Kier alpha value is -2.73. The first-order valence-electron chi connectivity index (χ1n) is 13.9. The first-order chi connectivity index (χ1) is 17.7. The van der Waals surface area contributed by atoms with Crippen molar-refractivity contribution in [2.24, 2.45) is 11.3 Å². The van der Waals surface area contributed by atoms with Crippen LogP contribution in [0.1, 0.15) is 98.2 Å². The second-order valence-electron chi connectivity index (χ2n) is 12.8. The predicted octanol–water partition coefficient (Wildman–Crippen LogP) is 7.56. The van der Waals surface area contributed by atoms with E-state index in [2.05, 4.69) is 50.8 Å². The highest BCUT2D eigenvalue weighted by Crippen LogP contribution is 2.43. The van der Waals surface area contributed by atoms with Gasteiger partial charge in [0.25, 0.3) is 0 Å². The molecule has 1 saturated heterocycles. The molecule has 2 aromatic heterocycles. The molecule has 2 aromatic rings. The maximum absolute atomic E-state index is 13.5. The lowest BCUT2D eigenvalue weighted by Crippen LogP contribution is -2.39. The van der Waals surface area contributed by atoms with Crippen LogP contribution in [-0.2, 0) is 14.3 Å². The lowest BCUT2D eigenvalue weighted by molar-refractivity contribution is -0.171. The molecule has 0 saturated carbocycles. The number of nitrogens with zero attached hydrogens (tertiary/aromatic N) is 3. The summed E-state index contributed by atoms with van der Waals surface area (Å²) < 4.78 is 12.2. The standard InChI is InChI=1S/C32H47N3O3/c1-21(2)11-13-25-14-12-24(19-34-25)26-20-33-23(5)27(28(26)35-17-15-32(9,10)16-18-35)29(38-31(6,7)8)30(36)37-22(3)4/h11-14,19-22,29H,15-18H2,1-10H3/b13-11+/t29-/m0/s1. The molecule has 3 heterocycles. The van der Waals surface area contributed by atoms with Crippen LogP contribution >= 0.6 is 0 Å². The molecule has 6 heteroatoms. The molecule has 0 spiro atoms. The van der Waals surface area contributed by atoms with Crippen molar-refractivity contribution >= 4 is 17.7 Å². The molecule has 0 bridgehead atoms. The summed E-state index contributed by atoms with van der Waals surface area (Å²) in [5, 5.41) is 0. The van der Waals surface area contributed by atoms with Crippen LogP contribution in [0.4, 0.5) is 5.69 Å². The molecule has 208 valence electrons. The van der Waals surface area contributed by atoms with Gasteiger partial charge >= 0.3 is 5.97 Å². The van der Waals surface area contributed by atoms with E-state index in [0.717, 1.165) is 59.7 Å². The van der Waals surface area contributed by atoms with E-state index >= 15 is 0 Å². The van der Waals surface area contributed by atoms with E-state index in [0.29, 0.717) is 5.92 Å². The number of hydrogen-bond acceptors (Lipinski definition) is 6. The molecule has 0 aromatic carbocycles. The molecule has 0 radical (unpaired) electrons. The van der Waals surface area contributed by atoms with Crippen molar-refractivity contribution in [2.75, 3.05) is 18.0 Å². The van der Waals surface area contributed by atoms with Gasteiger partial charge in [-0.2, -0.15) is 0 Å². The van der Waals surface area contributed by atoms with Crippen LogP contribution in [0, 0.1) is 18.3 Å². The summed E-state index contributed by atoms with van der Waals surface area (Å²) >= 11 is 0. The lowest BCUT2D eigenvalue weighted by atomic mass is 9.82. The molecule has 3 rings (SSSR count). The molecule has 6 nitrogen and oxygen atoms in total. The van der Waals surface area contributed by atoms with Crippen molar-refractivity contribution in [1.29, 1.82) is 0 Å². The summed E-state index contributed by atoms with van der Waals surface area (Å²) in [6.45, 7) is 22.3. The van der Waals surface area contributed by atoms with Gasteiger partial charge in [0, 0.05) is 47.9 Å². The molecule has 0 unspecified atom stereocenters. The minimum Gasteiger partial charge on any atom is -0.461 e. The Balaban J connectivity index is 2.20. The first kappa shape index (κ1) is 29.8. The van der Waals surface area contributed by atoms with Gasteiger partial charge in [-0.15, -0.1) is 0 Å². The third-order valence-corrected chi connectivity index (χ3v) is 6.77. The SMILES string of the molecule is Cc1ncc(-c2ccc(/C=C/C(C)C)nc2)c(N2CCC(C)(C)CC2)c1[C@H](OC(C)(C)C)C(=O)OC(C)C. The predicted molar refractivity (Wildman–Crippen MR) is 156 cm³/mol. The highest BCUT2D eigenvalue weighted by molar-refractivity contribution is 5.87. The van der Waals surface area contributed by atoms with Gasteiger partial charge in [-0.25, -0.2) is 4.79 Å². The number of esters is 1. The number of piperidine rings is 1. The van der Waals surface area contributed by atoms with Crippen LogP contribution in [0.5, 0.6) is 0 Å². The molecule has 0 aliphatic carbocycles. The lowest BCUT2D eigenvalue weighted by Gasteiger charge is -2.41. The Morgan fingerprint density at radius 1 is 1.05 bits per heavy atom. The largest absolute Gasteiger partial charge is 0.461 e. The van der Waals surface area contributed by atoms with E-state index in [1.54, 1.807) is 0 Å². The quantitative estimate of drug-likeness (QED) is 0.334.